The Kier molecular flexibility index (Phi) is 4.54. The van der Waals surface area contributed by atoms with Gasteiger partial charge in [-0.25, -0.2) is 8.78 Å². The molecule has 1 unspecified atom stereocenters. The second kappa shape index (κ2) is 6.56. The third kappa shape index (κ3) is 2.61. The molecule has 1 N–H and O–H groups in total. The van der Waals surface area contributed by atoms with E-state index in [0.29, 0.717) is 25.9 Å². The molecular formula is C20H21F4NO3. The van der Waals surface area contributed by atoms with E-state index in [9.17, 15) is 22.4 Å². The average molecular weight is 399 g/mol. The van der Waals surface area contributed by atoms with Crippen LogP contribution in [0.4, 0.5) is 23.2 Å². The highest BCUT2D eigenvalue weighted by Gasteiger charge is 2.62. The Hall–Kier alpha value is -1.93. The van der Waals surface area contributed by atoms with Crippen LogP contribution in [0.2, 0.25) is 0 Å². The lowest BCUT2D eigenvalue weighted by atomic mass is 9.77. The minimum absolute atomic E-state index is 0.171. The molecule has 2 heterocycles. The quantitative estimate of drug-likeness (QED) is 0.546. The lowest BCUT2D eigenvalue weighted by molar-refractivity contribution is -0.288. The number of carbonyl (C=O) groups excluding carboxylic acids is 1. The van der Waals surface area contributed by atoms with Crippen molar-refractivity contribution in [2.45, 2.75) is 56.3 Å². The fraction of sp³-hybridized carbons (Fsp3) is 0.550. The van der Waals surface area contributed by atoms with E-state index in [-0.39, 0.29) is 11.3 Å². The predicted molar refractivity (Wildman–Crippen MR) is 93.2 cm³/mol. The minimum atomic E-state index is -3.90. The van der Waals surface area contributed by atoms with Gasteiger partial charge in [0.1, 0.15) is 6.10 Å². The predicted octanol–water partition coefficient (Wildman–Crippen LogP) is 4.92. The molecule has 0 bridgehead atoms. The van der Waals surface area contributed by atoms with Crippen molar-refractivity contribution in [2.75, 3.05) is 11.9 Å². The van der Waals surface area contributed by atoms with Crippen LogP contribution in [0, 0.1) is 5.41 Å². The highest BCUT2D eigenvalue weighted by Crippen LogP contribution is 2.60. The molecule has 2 fully saturated rings. The number of alkyl halides is 4. The van der Waals surface area contributed by atoms with E-state index < -0.39 is 41.1 Å². The number of nitrogens with one attached hydrogen (secondary N) is 1. The number of rotatable bonds is 6. The molecule has 1 aromatic rings. The fourth-order valence-corrected chi connectivity index (χ4v) is 4.95. The van der Waals surface area contributed by atoms with E-state index >= 15 is 0 Å². The monoisotopic (exact) mass is 399 g/mol. The van der Waals surface area contributed by atoms with E-state index in [0.717, 1.165) is 12.8 Å². The summed E-state index contributed by atoms with van der Waals surface area (Å²) in [6.45, 7) is 4.11. The summed E-state index contributed by atoms with van der Waals surface area (Å²) in [6, 6.07) is 3.79. The maximum atomic E-state index is 14.4. The summed E-state index contributed by atoms with van der Waals surface area (Å²) in [7, 11) is 0. The zero-order valence-electron chi connectivity index (χ0n) is 15.2. The molecule has 0 aromatic heterocycles. The number of hydrogen-bond donors (Lipinski definition) is 1. The third-order valence-electron chi connectivity index (χ3n) is 6.22. The standard InChI is InChI=1S/C20H21F4NO3/c1-2-7-18-8-4-9-19(18,27-11-10-18)28-15(16(21)22)12-5-3-6-13-14(12)20(23,24)17(26)25-13/h2-3,5-6,15-16H,1,4,7-11H2,(H,25,26)/t15?,18-,19+/m0/s1. The van der Waals surface area contributed by atoms with E-state index in [1.165, 1.54) is 18.2 Å². The Labute approximate surface area is 159 Å². The molecule has 0 radical (unpaired) electrons. The van der Waals surface area contributed by atoms with Crippen LogP contribution < -0.4 is 5.32 Å². The lowest BCUT2D eigenvalue weighted by Gasteiger charge is -2.41. The summed E-state index contributed by atoms with van der Waals surface area (Å²) < 4.78 is 68.7. The van der Waals surface area contributed by atoms with Crippen LogP contribution in [0.25, 0.3) is 0 Å². The number of carbonyl (C=O) groups is 1. The first kappa shape index (κ1) is 19.4. The van der Waals surface area contributed by atoms with Gasteiger partial charge in [-0.1, -0.05) is 18.2 Å². The zero-order valence-corrected chi connectivity index (χ0v) is 15.2. The minimum Gasteiger partial charge on any atom is -0.349 e. The first-order valence-corrected chi connectivity index (χ1v) is 9.30. The Balaban J connectivity index is 1.76. The first-order chi connectivity index (χ1) is 13.3. The van der Waals surface area contributed by atoms with Gasteiger partial charge in [-0.05, 0) is 37.3 Å². The van der Waals surface area contributed by atoms with Gasteiger partial charge < -0.3 is 14.8 Å². The number of fused-ring (bicyclic) bond motifs is 2. The Morgan fingerprint density at radius 1 is 1.29 bits per heavy atom. The van der Waals surface area contributed by atoms with Crippen molar-refractivity contribution < 1.29 is 31.8 Å². The molecule has 152 valence electrons. The molecule has 4 rings (SSSR count). The van der Waals surface area contributed by atoms with Crippen LogP contribution in [0.15, 0.2) is 30.9 Å². The van der Waals surface area contributed by atoms with Crippen molar-refractivity contribution in [2.24, 2.45) is 5.41 Å². The number of anilines is 1. The van der Waals surface area contributed by atoms with E-state index in [2.05, 4.69) is 11.9 Å². The van der Waals surface area contributed by atoms with Crippen LogP contribution in [-0.4, -0.2) is 24.7 Å². The molecule has 3 atom stereocenters. The average Bonchev–Trinajstić information content (AvgIpc) is 3.21. The summed E-state index contributed by atoms with van der Waals surface area (Å²) in [5.74, 6) is -6.69. The number of allylic oxidation sites excluding steroid dienone is 1. The second-order valence-electron chi connectivity index (χ2n) is 7.65. The molecule has 8 heteroatoms. The van der Waals surface area contributed by atoms with Crippen molar-refractivity contribution in [3.05, 3.63) is 42.0 Å². The zero-order chi connectivity index (χ0) is 20.2. The van der Waals surface area contributed by atoms with Gasteiger partial charge in [-0.3, -0.25) is 4.79 Å². The second-order valence-corrected chi connectivity index (χ2v) is 7.65. The van der Waals surface area contributed by atoms with Crippen LogP contribution in [0.5, 0.6) is 0 Å². The smallest absolute Gasteiger partial charge is 0.349 e. The Morgan fingerprint density at radius 3 is 2.79 bits per heavy atom. The van der Waals surface area contributed by atoms with Gasteiger partial charge in [-0.15, -0.1) is 6.58 Å². The van der Waals surface area contributed by atoms with Crippen molar-refractivity contribution >= 4 is 11.6 Å². The van der Waals surface area contributed by atoms with E-state index in [1.54, 1.807) is 6.08 Å². The molecule has 4 nitrogen and oxygen atoms in total. The summed E-state index contributed by atoms with van der Waals surface area (Å²) >= 11 is 0. The van der Waals surface area contributed by atoms with Crippen molar-refractivity contribution in [1.82, 2.24) is 0 Å². The summed E-state index contributed by atoms with van der Waals surface area (Å²) in [6.07, 6.45) is -0.249. The number of halogens is 4. The SMILES string of the molecule is C=CC[C@@]12CCC[C@]1(OC(c1cccc3c1C(F)(F)C(=O)N3)C(F)F)OCC2. The Morgan fingerprint density at radius 2 is 2.07 bits per heavy atom. The first-order valence-electron chi connectivity index (χ1n) is 9.30. The summed E-state index contributed by atoms with van der Waals surface area (Å²) in [4.78, 5) is 11.6. The van der Waals surface area contributed by atoms with Crippen LogP contribution in [-0.2, 0) is 20.2 Å². The van der Waals surface area contributed by atoms with Crippen LogP contribution >= 0.6 is 0 Å². The Bertz CT molecular complexity index is 801. The van der Waals surface area contributed by atoms with Gasteiger partial charge in [0.25, 0.3) is 12.3 Å². The number of ether oxygens (including phenoxy) is 2. The third-order valence-corrected chi connectivity index (χ3v) is 6.22. The van der Waals surface area contributed by atoms with E-state index in [4.69, 9.17) is 9.47 Å². The summed E-state index contributed by atoms with van der Waals surface area (Å²) in [5.41, 5.74) is -1.79. The van der Waals surface area contributed by atoms with Crippen molar-refractivity contribution in [3.63, 3.8) is 0 Å². The van der Waals surface area contributed by atoms with Crippen molar-refractivity contribution in [3.8, 4) is 0 Å². The van der Waals surface area contributed by atoms with Crippen LogP contribution in [0.3, 0.4) is 0 Å². The molecule has 28 heavy (non-hydrogen) atoms. The maximum absolute atomic E-state index is 14.4. The van der Waals surface area contributed by atoms with Gasteiger partial charge in [0, 0.05) is 11.8 Å². The molecule has 1 aromatic carbocycles. The molecular weight excluding hydrogens is 378 g/mol. The molecule has 0 spiro atoms. The number of hydrogen-bond acceptors (Lipinski definition) is 3. The number of benzene rings is 1. The highest BCUT2D eigenvalue weighted by molar-refractivity contribution is 6.04. The fourth-order valence-electron chi connectivity index (χ4n) is 4.95. The maximum Gasteiger partial charge on any atom is 0.352 e. The lowest BCUT2D eigenvalue weighted by Crippen LogP contribution is -2.45. The van der Waals surface area contributed by atoms with Gasteiger partial charge in [0.15, 0.2) is 5.79 Å². The molecule has 1 saturated heterocycles. The topological polar surface area (TPSA) is 47.6 Å². The van der Waals surface area contributed by atoms with Gasteiger partial charge in [0.05, 0.1) is 17.9 Å². The van der Waals surface area contributed by atoms with Crippen molar-refractivity contribution in [1.29, 1.82) is 0 Å². The number of amides is 1. The molecule has 1 saturated carbocycles. The highest BCUT2D eigenvalue weighted by atomic mass is 19.3. The molecule has 3 aliphatic rings. The largest absolute Gasteiger partial charge is 0.352 e. The molecule has 1 amide bonds. The van der Waals surface area contributed by atoms with Gasteiger partial charge in [-0.2, -0.15) is 8.78 Å². The van der Waals surface area contributed by atoms with Gasteiger partial charge in [0.2, 0.25) is 0 Å². The molecule has 1 aliphatic carbocycles. The van der Waals surface area contributed by atoms with Gasteiger partial charge >= 0.3 is 5.92 Å². The van der Waals surface area contributed by atoms with Crippen LogP contribution in [0.1, 0.15) is 49.3 Å². The summed E-state index contributed by atoms with van der Waals surface area (Å²) in [5, 5.41) is 2.05. The normalized spacial score (nSPS) is 31.5. The van der Waals surface area contributed by atoms with E-state index in [1.807, 2.05) is 0 Å². The molecule has 2 aliphatic heterocycles.